The number of hydrogen-bond acceptors (Lipinski definition) is 12. The van der Waals surface area contributed by atoms with Gasteiger partial charge in [0.1, 0.15) is 19.0 Å². The molecule has 4 aliphatic heterocycles. The first-order valence-corrected chi connectivity index (χ1v) is 19.7. The van der Waals surface area contributed by atoms with Crippen LogP contribution in [0.5, 0.6) is 5.75 Å². The molecular formula is C40H46F3N5O10. The van der Waals surface area contributed by atoms with Crippen molar-refractivity contribution in [1.82, 2.24) is 24.7 Å². The molecule has 4 aliphatic rings. The Hall–Kier alpha value is -5.23. The molecule has 7 rings (SSSR count). The number of hydrogen-bond donors (Lipinski definition) is 1. The first kappa shape index (κ1) is 40.9. The van der Waals surface area contributed by atoms with E-state index in [1.165, 1.54) is 19.3 Å². The van der Waals surface area contributed by atoms with Crippen molar-refractivity contribution in [2.75, 3.05) is 52.5 Å². The van der Waals surface area contributed by atoms with Gasteiger partial charge in [0.25, 0.3) is 5.56 Å². The molecule has 1 aromatic carbocycles. The summed E-state index contributed by atoms with van der Waals surface area (Å²) in [6.07, 6.45) is -0.633. The summed E-state index contributed by atoms with van der Waals surface area (Å²) < 4.78 is 65.6. The third-order valence-electron chi connectivity index (χ3n) is 11.4. The largest absolute Gasteiger partial charge is 0.509 e. The minimum atomic E-state index is -5.02. The molecule has 312 valence electrons. The summed E-state index contributed by atoms with van der Waals surface area (Å²) in [7, 11) is 0. The van der Waals surface area contributed by atoms with Crippen LogP contribution in [-0.4, -0.2) is 108 Å². The van der Waals surface area contributed by atoms with Crippen molar-refractivity contribution >= 4 is 35.0 Å². The molecule has 0 spiro atoms. The molecule has 0 saturated carbocycles. The highest BCUT2D eigenvalue weighted by atomic mass is 19.4. The van der Waals surface area contributed by atoms with E-state index in [4.69, 9.17) is 28.7 Å². The molecule has 2 amide bonds. The third kappa shape index (κ3) is 8.08. The fourth-order valence-electron chi connectivity index (χ4n) is 8.42. The second-order valence-corrected chi connectivity index (χ2v) is 14.8. The van der Waals surface area contributed by atoms with Crippen molar-refractivity contribution in [2.45, 2.75) is 89.8 Å². The average molecular weight is 814 g/mol. The van der Waals surface area contributed by atoms with Gasteiger partial charge in [-0.05, 0) is 81.4 Å². The van der Waals surface area contributed by atoms with Gasteiger partial charge in [0, 0.05) is 42.2 Å². The van der Waals surface area contributed by atoms with Gasteiger partial charge in [0.05, 0.1) is 42.2 Å². The van der Waals surface area contributed by atoms with Gasteiger partial charge in [-0.3, -0.25) is 9.59 Å². The normalized spacial score (nSPS) is 19.5. The number of aryl methyl sites for hydroxylation is 1. The number of fused-ring (bicyclic) bond motifs is 5. The number of benzene rings is 1. The number of alkyl halides is 3. The Kier molecular flexibility index (Phi) is 12.0. The van der Waals surface area contributed by atoms with Crippen LogP contribution in [0.15, 0.2) is 29.1 Å². The molecule has 0 bridgehead atoms. The molecule has 6 heterocycles. The van der Waals surface area contributed by atoms with E-state index in [9.17, 15) is 37.1 Å². The summed E-state index contributed by atoms with van der Waals surface area (Å²) in [5.41, 5.74) is 1.08. The lowest BCUT2D eigenvalue weighted by molar-refractivity contribution is -0.175. The molecule has 2 saturated heterocycles. The maximum atomic E-state index is 14.1. The first-order valence-electron chi connectivity index (χ1n) is 19.7. The van der Waals surface area contributed by atoms with E-state index in [0.717, 1.165) is 42.4 Å². The molecular weight excluding hydrogens is 767 g/mol. The van der Waals surface area contributed by atoms with Crippen LogP contribution < -0.4 is 15.6 Å². The van der Waals surface area contributed by atoms with Gasteiger partial charge in [-0.15, -0.1) is 0 Å². The number of nitrogens with zero attached hydrogens (tertiary/aromatic N) is 4. The van der Waals surface area contributed by atoms with Crippen molar-refractivity contribution in [3.8, 4) is 17.1 Å². The van der Waals surface area contributed by atoms with E-state index >= 15 is 0 Å². The van der Waals surface area contributed by atoms with Crippen LogP contribution in [0.2, 0.25) is 0 Å². The predicted octanol–water partition coefficient (Wildman–Crippen LogP) is 4.95. The Balaban J connectivity index is 1.06. The highest BCUT2D eigenvalue weighted by Crippen LogP contribution is 2.42. The Morgan fingerprint density at radius 2 is 1.74 bits per heavy atom. The first-order chi connectivity index (χ1) is 27.8. The third-order valence-corrected chi connectivity index (χ3v) is 11.4. The standard InChI is InChI=1S/C40H46F3N5O10/c1-3-26-27-20-25(57-37(52)47-15-10-24(11-16-47)46-13-6-5-7-14-46)8-9-31(27)45-33-28(26)22-48-32(33)21-30-29(34(48)49)23-56-36(51)39(30,4-2)58-38(53)55-19-18-54-17-12-44-35(50)40(41,42)43/h8-9,20-21,24H,3-7,10-19,22-23H2,1-2H3,(H,44,50)/t39-/m0/s1. The molecule has 1 atom stereocenters. The summed E-state index contributed by atoms with van der Waals surface area (Å²) in [6, 6.07) is 7.40. The zero-order valence-corrected chi connectivity index (χ0v) is 32.4. The topological polar surface area (TPSA) is 168 Å². The summed E-state index contributed by atoms with van der Waals surface area (Å²) in [6.45, 7) is 5.60. The van der Waals surface area contributed by atoms with Gasteiger partial charge in [0.15, 0.2) is 0 Å². The Labute approximate surface area is 331 Å². The van der Waals surface area contributed by atoms with Gasteiger partial charge < -0.3 is 43.4 Å². The zero-order valence-electron chi connectivity index (χ0n) is 32.4. The highest BCUT2D eigenvalue weighted by molar-refractivity contribution is 5.91. The van der Waals surface area contributed by atoms with Gasteiger partial charge >= 0.3 is 30.3 Å². The lowest BCUT2D eigenvalue weighted by atomic mass is 9.85. The van der Waals surface area contributed by atoms with Crippen LogP contribution in [0.25, 0.3) is 22.3 Å². The molecule has 18 heteroatoms. The number of carbonyl (C=O) groups excluding carboxylic acids is 4. The second-order valence-electron chi connectivity index (χ2n) is 14.8. The van der Waals surface area contributed by atoms with Crippen LogP contribution >= 0.6 is 0 Å². The quantitative estimate of drug-likeness (QED) is 0.160. The van der Waals surface area contributed by atoms with Crippen LogP contribution in [0.3, 0.4) is 0 Å². The Bertz CT molecular complexity index is 2150. The molecule has 1 N–H and O–H groups in total. The lowest BCUT2D eigenvalue weighted by Gasteiger charge is -2.39. The molecule has 0 aliphatic carbocycles. The lowest BCUT2D eigenvalue weighted by Crippen LogP contribution is -2.48. The smallest absolute Gasteiger partial charge is 0.457 e. The number of rotatable bonds is 11. The summed E-state index contributed by atoms with van der Waals surface area (Å²) >= 11 is 0. The van der Waals surface area contributed by atoms with Gasteiger partial charge in [-0.1, -0.05) is 20.3 Å². The van der Waals surface area contributed by atoms with E-state index < -0.39 is 48.0 Å². The SMILES string of the molecule is CCc1c2c(nc3ccc(OC(=O)N4CCC(N5CCCCC5)CC4)cc13)-c1cc3c(c(=O)n1C2)COC(=O)[C@@]3(CC)OC(=O)OCCOCCNC(=O)C(F)(F)F. The second kappa shape index (κ2) is 16.9. The number of pyridine rings is 2. The maximum Gasteiger partial charge on any atom is 0.509 e. The number of ether oxygens (including phenoxy) is 5. The number of halogens is 3. The molecule has 2 fully saturated rings. The van der Waals surface area contributed by atoms with E-state index in [-0.39, 0.29) is 50.5 Å². The van der Waals surface area contributed by atoms with Crippen LogP contribution in [0.4, 0.5) is 22.8 Å². The number of piperidine rings is 2. The zero-order chi connectivity index (χ0) is 41.2. The number of nitrogens with one attached hydrogen (secondary N) is 1. The molecule has 58 heavy (non-hydrogen) atoms. The number of aromatic nitrogens is 2. The Morgan fingerprint density at radius 1 is 0.983 bits per heavy atom. The van der Waals surface area contributed by atoms with Gasteiger partial charge in [-0.25, -0.2) is 19.4 Å². The van der Waals surface area contributed by atoms with E-state index in [2.05, 4.69) is 4.90 Å². The molecule has 0 radical (unpaired) electrons. The highest BCUT2D eigenvalue weighted by Gasteiger charge is 2.51. The predicted molar refractivity (Wildman–Crippen MR) is 200 cm³/mol. The van der Waals surface area contributed by atoms with Crippen LogP contribution in [0.1, 0.15) is 74.6 Å². The minimum absolute atomic E-state index is 0.109. The van der Waals surface area contributed by atoms with E-state index in [0.29, 0.717) is 48.2 Å². The number of esters is 1. The monoisotopic (exact) mass is 813 g/mol. The number of likely N-dealkylation sites (tertiary alicyclic amines) is 2. The van der Waals surface area contributed by atoms with Crippen molar-refractivity contribution in [2.24, 2.45) is 0 Å². The molecule has 15 nitrogen and oxygen atoms in total. The number of carbonyl (C=O) groups is 4. The van der Waals surface area contributed by atoms with Crippen LogP contribution in [0, 0.1) is 0 Å². The van der Waals surface area contributed by atoms with Crippen molar-refractivity contribution in [3.05, 3.63) is 56.9 Å². The fraction of sp³-hybridized carbons (Fsp3) is 0.550. The van der Waals surface area contributed by atoms with Crippen molar-refractivity contribution in [3.63, 3.8) is 0 Å². The van der Waals surface area contributed by atoms with Crippen molar-refractivity contribution < 1.29 is 56.0 Å². The number of cyclic esters (lactones) is 1. The molecule has 2 aromatic heterocycles. The van der Waals surface area contributed by atoms with Crippen LogP contribution in [-0.2, 0) is 53.7 Å². The molecule has 0 unspecified atom stereocenters. The fourth-order valence-corrected chi connectivity index (χ4v) is 8.42. The minimum Gasteiger partial charge on any atom is -0.457 e. The maximum absolute atomic E-state index is 14.1. The Morgan fingerprint density at radius 3 is 2.45 bits per heavy atom. The van der Waals surface area contributed by atoms with Gasteiger partial charge in [0.2, 0.25) is 5.60 Å². The summed E-state index contributed by atoms with van der Waals surface area (Å²) in [5.74, 6) is -2.61. The average Bonchev–Trinajstić information content (AvgIpc) is 3.59. The van der Waals surface area contributed by atoms with E-state index in [1.54, 1.807) is 39.9 Å². The molecule has 3 aromatic rings. The van der Waals surface area contributed by atoms with Gasteiger partial charge in [-0.2, -0.15) is 13.2 Å². The summed E-state index contributed by atoms with van der Waals surface area (Å²) in [4.78, 5) is 73.8. The van der Waals surface area contributed by atoms with E-state index in [1.807, 2.05) is 13.0 Å². The summed E-state index contributed by atoms with van der Waals surface area (Å²) in [5, 5.41) is 2.43. The van der Waals surface area contributed by atoms with Crippen molar-refractivity contribution in [1.29, 1.82) is 0 Å². The number of amides is 2.